The van der Waals surface area contributed by atoms with Crippen LogP contribution in [-0.4, -0.2) is 29.1 Å². The summed E-state index contributed by atoms with van der Waals surface area (Å²) in [6, 6.07) is 3.34. The van der Waals surface area contributed by atoms with Gasteiger partial charge in [0.05, 0.1) is 4.92 Å². The Labute approximate surface area is 109 Å². The number of likely N-dealkylation sites (N-methyl/N-ethyl adjacent to an activating group) is 1. The number of halogens is 1. The van der Waals surface area contributed by atoms with Gasteiger partial charge in [0.1, 0.15) is 11.7 Å². The molecule has 1 aromatic rings. The molecule has 0 heterocycles. The van der Waals surface area contributed by atoms with Crippen LogP contribution in [0.3, 0.4) is 0 Å². The van der Waals surface area contributed by atoms with Gasteiger partial charge < -0.3 is 10.0 Å². The van der Waals surface area contributed by atoms with Gasteiger partial charge >= 0.3 is 5.97 Å². The Balaban J connectivity index is 3.23. The fourth-order valence-corrected chi connectivity index (χ4v) is 1.89. The lowest BCUT2D eigenvalue weighted by atomic mass is 10.1. The van der Waals surface area contributed by atoms with Gasteiger partial charge in [-0.1, -0.05) is 18.5 Å². The van der Waals surface area contributed by atoms with Gasteiger partial charge in [0.25, 0.3) is 5.69 Å². The smallest absolute Gasteiger partial charge is 0.326 e. The van der Waals surface area contributed by atoms with E-state index in [1.807, 2.05) is 0 Å². The molecule has 0 saturated carbocycles. The standard InChI is InChI=1S/C11H13ClN2O4/c1-3-8(11(15)16)13(2)9-5-4-7(12)6-10(9)14(17)18/h4-6,8H,3H2,1-2H3,(H,15,16). The molecular formula is C11H13ClN2O4. The third kappa shape index (κ3) is 2.89. The number of hydrogen-bond donors (Lipinski definition) is 1. The number of anilines is 1. The molecule has 1 aromatic carbocycles. The SMILES string of the molecule is CCC(C(=O)O)N(C)c1ccc(Cl)cc1[N+](=O)[O-]. The van der Waals surface area contributed by atoms with Crippen molar-refractivity contribution in [2.45, 2.75) is 19.4 Å². The minimum absolute atomic E-state index is 0.204. The summed E-state index contributed by atoms with van der Waals surface area (Å²) in [6.07, 6.45) is 0.339. The molecule has 0 aromatic heterocycles. The van der Waals surface area contributed by atoms with Crippen LogP contribution in [0.2, 0.25) is 5.02 Å². The van der Waals surface area contributed by atoms with Gasteiger partial charge in [0, 0.05) is 18.1 Å². The van der Waals surface area contributed by atoms with Crippen molar-refractivity contribution in [1.29, 1.82) is 0 Å². The van der Waals surface area contributed by atoms with Gasteiger partial charge in [0.15, 0.2) is 0 Å². The Morgan fingerprint density at radius 3 is 2.67 bits per heavy atom. The van der Waals surface area contributed by atoms with Gasteiger partial charge in [-0.3, -0.25) is 10.1 Å². The Bertz CT molecular complexity index is 478. The molecule has 0 bridgehead atoms. The molecule has 0 radical (unpaired) electrons. The zero-order chi connectivity index (χ0) is 13.9. The highest BCUT2D eigenvalue weighted by atomic mass is 35.5. The molecule has 1 rings (SSSR count). The lowest BCUT2D eigenvalue weighted by Crippen LogP contribution is -2.38. The first-order valence-corrected chi connectivity index (χ1v) is 5.65. The lowest BCUT2D eigenvalue weighted by molar-refractivity contribution is -0.384. The summed E-state index contributed by atoms with van der Waals surface area (Å²) in [5.41, 5.74) is 0.0309. The number of benzene rings is 1. The highest BCUT2D eigenvalue weighted by Gasteiger charge is 2.26. The highest BCUT2D eigenvalue weighted by Crippen LogP contribution is 2.31. The van der Waals surface area contributed by atoms with Crippen molar-refractivity contribution in [3.8, 4) is 0 Å². The number of carboxylic acids is 1. The third-order valence-corrected chi connectivity index (χ3v) is 2.89. The first-order chi connectivity index (χ1) is 8.38. The fourth-order valence-electron chi connectivity index (χ4n) is 1.72. The monoisotopic (exact) mass is 272 g/mol. The summed E-state index contributed by atoms with van der Waals surface area (Å²) in [5.74, 6) is -1.02. The summed E-state index contributed by atoms with van der Waals surface area (Å²) in [4.78, 5) is 22.8. The van der Waals surface area contributed by atoms with Gasteiger partial charge in [-0.25, -0.2) is 4.79 Å². The fraction of sp³-hybridized carbons (Fsp3) is 0.364. The number of carbonyl (C=O) groups is 1. The second-order valence-electron chi connectivity index (χ2n) is 3.76. The van der Waals surface area contributed by atoms with Crippen molar-refractivity contribution in [3.63, 3.8) is 0 Å². The maximum atomic E-state index is 11.1. The van der Waals surface area contributed by atoms with E-state index in [0.717, 1.165) is 0 Å². The van der Waals surface area contributed by atoms with E-state index < -0.39 is 16.9 Å². The van der Waals surface area contributed by atoms with E-state index in [9.17, 15) is 14.9 Å². The number of nitro groups is 1. The van der Waals surface area contributed by atoms with E-state index in [0.29, 0.717) is 6.42 Å². The molecule has 18 heavy (non-hydrogen) atoms. The predicted octanol–water partition coefficient (Wildman–Crippen LogP) is 2.55. The van der Waals surface area contributed by atoms with Crippen LogP contribution < -0.4 is 4.90 Å². The van der Waals surface area contributed by atoms with E-state index in [1.54, 1.807) is 6.92 Å². The first-order valence-electron chi connectivity index (χ1n) is 5.28. The number of nitro benzene ring substituents is 1. The van der Waals surface area contributed by atoms with Crippen LogP contribution in [0.15, 0.2) is 18.2 Å². The molecule has 1 N–H and O–H groups in total. The number of aliphatic carboxylic acids is 1. The number of carboxylic acid groups (broad SMARTS) is 1. The van der Waals surface area contributed by atoms with Crippen molar-refractivity contribution >= 4 is 28.9 Å². The Morgan fingerprint density at radius 1 is 1.61 bits per heavy atom. The summed E-state index contributed by atoms with van der Waals surface area (Å²) in [6.45, 7) is 1.71. The van der Waals surface area contributed by atoms with Crippen LogP contribution in [0.4, 0.5) is 11.4 Å². The normalized spacial score (nSPS) is 11.9. The van der Waals surface area contributed by atoms with Crippen molar-refractivity contribution in [2.24, 2.45) is 0 Å². The van der Waals surface area contributed by atoms with Gasteiger partial charge in [-0.05, 0) is 18.6 Å². The first kappa shape index (κ1) is 14.2. The van der Waals surface area contributed by atoms with E-state index in [2.05, 4.69) is 0 Å². The van der Waals surface area contributed by atoms with E-state index in [-0.39, 0.29) is 16.4 Å². The lowest BCUT2D eigenvalue weighted by Gasteiger charge is -2.25. The van der Waals surface area contributed by atoms with Crippen molar-refractivity contribution in [2.75, 3.05) is 11.9 Å². The van der Waals surface area contributed by atoms with Crippen LogP contribution >= 0.6 is 11.6 Å². The highest BCUT2D eigenvalue weighted by molar-refractivity contribution is 6.30. The molecule has 0 aliphatic rings. The molecule has 98 valence electrons. The minimum atomic E-state index is -1.02. The topological polar surface area (TPSA) is 83.7 Å². The van der Waals surface area contributed by atoms with E-state index >= 15 is 0 Å². The minimum Gasteiger partial charge on any atom is -0.480 e. The molecular weight excluding hydrogens is 260 g/mol. The Kier molecular flexibility index (Phi) is 4.49. The van der Waals surface area contributed by atoms with Crippen LogP contribution in [0, 0.1) is 10.1 Å². The van der Waals surface area contributed by atoms with Gasteiger partial charge in [-0.15, -0.1) is 0 Å². The van der Waals surface area contributed by atoms with Crippen molar-refractivity contribution in [1.82, 2.24) is 0 Å². The molecule has 0 amide bonds. The van der Waals surface area contributed by atoms with Crippen LogP contribution in [0.1, 0.15) is 13.3 Å². The molecule has 1 unspecified atom stereocenters. The Morgan fingerprint density at radius 2 is 2.22 bits per heavy atom. The average molecular weight is 273 g/mol. The summed E-state index contributed by atoms with van der Waals surface area (Å²) in [5, 5.41) is 20.2. The number of hydrogen-bond acceptors (Lipinski definition) is 4. The predicted molar refractivity (Wildman–Crippen MR) is 68.2 cm³/mol. The summed E-state index contributed by atoms with van der Waals surface area (Å²) in [7, 11) is 1.51. The van der Waals surface area contributed by atoms with E-state index in [4.69, 9.17) is 16.7 Å². The molecule has 1 atom stereocenters. The average Bonchev–Trinajstić information content (AvgIpc) is 2.28. The molecule has 6 nitrogen and oxygen atoms in total. The molecule has 0 spiro atoms. The maximum absolute atomic E-state index is 11.1. The molecule has 0 saturated heterocycles. The summed E-state index contributed by atoms with van der Waals surface area (Å²) < 4.78 is 0. The van der Waals surface area contributed by atoms with Crippen LogP contribution in [0.5, 0.6) is 0 Å². The number of rotatable bonds is 5. The quantitative estimate of drug-likeness (QED) is 0.658. The zero-order valence-electron chi connectivity index (χ0n) is 9.96. The second kappa shape index (κ2) is 5.68. The molecule has 0 fully saturated rings. The van der Waals surface area contributed by atoms with Gasteiger partial charge in [-0.2, -0.15) is 0 Å². The van der Waals surface area contributed by atoms with Crippen molar-refractivity contribution < 1.29 is 14.8 Å². The maximum Gasteiger partial charge on any atom is 0.326 e. The van der Waals surface area contributed by atoms with Crippen LogP contribution in [0.25, 0.3) is 0 Å². The molecule has 7 heteroatoms. The van der Waals surface area contributed by atoms with E-state index in [1.165, 1.54) is 30.1 Å². The second-order valence-corrected chi connectivity index (χ2v) is 4.20. The zero-order valence-corrected chi connectivity index (χ0v) is 10.7. The molecule has 0 aliphatic heterocycles. The summed E-state index contributed by atoms with van der Waals surface area (Å²) >= 11 is 5.70. The molecule has 0 aliphatic carbocycles. The largest absolute Gasteiger partial charge is 0.480 e. The van der Waals surface area contributed by atoms with Crippen molar-refractivity contribution in [3.05, 3.63) is 33.3 Å². The van der Waals surface area contributed by atoms with Gasteiger partial charge in [0.2, 0.25) is 0 Å². The third-order valence-electron chi connectivity index (χ3n) is 2.65. The number of nitrogens with zero attached hydrogens (tertiary/aromatic N) is 2. The Hall–Kier alpha value is -1.82. The van der Waals surface area contributed by atoms with Crippen LogP contribution in [-0.2, 0) is 4.79 Å².